The van der Waals surface area contributed by atoms with E-state index in [0.717, 1.165) is 32.9 Å². The minimum atomic E-state index is -3.62. The van der Waals surface area contributed by atoms with Crippen molar-refractivity contribution in [1.82, 2.24) is 14.9 Å². The SMILES string of the molecule is Cc1ccc(C)c(N(CC(=O)NCc2ccccc2-n2ccnc2)S(C)(=O)=O)c1. The minimum absolute atomic E-state index is 0.275. The zero-order chi connectivity index (χ0) is 21.0. The Labute approximate surface area is 171 Å². The number of carbonyl (C=O) groups excluding carboxylic acids is 1. The summed E-state index contributed by atoms with van der Waals surface area (Å²) in [6, 6.07) is 13.2. The van der Waals surface area contributed by atoms with Crippen LogP contribution in [0.25, 0.3) is 5.69 Å². The molecule has 1 amide bonds. The number of para-hydroxylation sites is 1. The smallest absolute Gasteiger partial charge is 0.241 e. The molecular formula is C21H24N4O3S. The summed E-state index contributed by atoms with van der Waals surface area (Å²) >= 11 is 0. The van der Waals surface area contributed by atoms with Crippen LogP contribution in [0, 0.1) is 13.8 Å². The van der Waals surface area contributed by atoms with Crippen molar-refractivity contribution in [1.29, 1.82) is 0 Å². The van der Waals surface area contributed by atoms with Crippen LogP contribution in [0.5, 0.6) is 0 Å². The second-order valence-electron chi connectivity index (χ2n) is 6.93. The van der Waals surface area contributed by atoms with Crippen molar-refractivity contribution >= 4 is 21.6 Å². The Morgan fingerprint density at radius 1 is 1.17 bits per heavy atom. The van der Waals surface area contributed by atoms with Crippen LogP contribution in [-0.4, -0.2) is 36.7 Å². The molecule has 1 heterocycles. The molecule has 1 aromatic heterocycles. The summed E-state index contributed by atoms with van der Waals surface area (Å²) in [6.45, 7) is 3.71. The molecule has 0 radical (unpaired) electrons. The van der Waals surface area contributed by atoms with E-state index in [-0.39, 0.29) is 19.0 Å². The summed E-state index contributed by atoms with van der Waals surface area (Å²) in [4.78, 5) is 16.7. The molecular weight excluding hydrogens is 388 g/mol. The van der Waals surface area contributed by atoms with Crippen molar-refractivity contribution in [3.05, 3.63) is 77.9 Å². The van der Waals surface area contributed by atoms with E-state index in [1.54, 1.807) is 18.6 Å². The number of amides is 1. The largest absolute Gasteiger partial charge is 0.350 e. The number of rotatable bonds is 7. The zero-order valence-electron chi connectivity index (χ0n) is 16.7. The lowest BCUT2D eigenvalue weighted by molar-refractivity contribution is -0.119. The third-order valence-corrected chi connectivity index (χ3v) is 5.70. The number of hydrogen-bond donors (Lipinski definition) is 1. The Bertz CT molecular complexity index is 1110. The Morgan fingerprint density at radius 2 is 1.93 bits per heavy atom. The van der Waals surface area contributed by atoms with Gasteiger partial charge in [-0.15, -0.1) is 0 Å². The Morgan fingerprint density at radius 3 is 2.62 bits per heavy atom. The van der Waals surface area contributed by atoms with E-state index in [4.69, 9.17) is 0 Å². The molecule has 0 aliphatic heterocycles. The number of aryl methyl sites for hydroxylation is 2. The van der Waals surface area contributed by atoms with E-state index in [1.165, 1.54) is 0 Å². The van der Waals surface area contributed by atoms with Crippen LogP contribution in [-0.2, 0) is 21.4 Å². The van der Waals surface area contributed by atoms with Gasteiger partial charge in [-0.2, -0.15) is 0 Å². The average molecular weight is 413 g/mol. The highest BCUT2D eigenvalue weighted by atomic mass is 32.2. The van der Waals surface area contributed by atoms with Crippen LogP contribution in [0.15, 0.2) is 61.2 Å². The maximum absolute atomic E-state index is 12.6. The number of imidazole rings is 1. The maximum Gasteiger partial charge on any atom is 0.241 e. The van der Waals surface area contributed by atoms with Crippen LogP contribution >= 0.6 is 0 Å². The first-order valence-electron chi connectivity index (χ1n) is 9.13. The maximum atomic E-state index is 12.6. The van der Waals surface area contributed by atoms with E-state index in [1.807, 2.05) is 61.0 Å². The van der Waals surface area contributed by atoms with Crippen LogP contribution < -0.4 is 9.62 Å². The minimum Gasteiger partial charge on any atom is -0.350 e. The molecule has 8 heteroatoms. The van der Waals surface area contributed by atoms with Crippen molar-refractivity contribution in [3.63, 3.8) is 0 Å². The molecule has 0 bridgehead atoms. The monoisotopic (exact) mass is 412 g/mol. The van der Waals surface area contributed by atoms with Gasteiger partial charge in [0.25, 0.3) is 0 Å². The van der Waals surface area contributed by atoms with Gasteiger partial charge in [0.05, 0.1) is 24.0 Å². The predicted molar refractivity (Wildman–Crippen MR) is 114 cm³/mol. The summed E-state index contributed by atoms with van der Waals surface area (Å²) < 4.78 is 27.7. The molecule has 0 fully saturated rings. The van der Waals surface area contributed by atoms with E-state index in [0.29, 0.717) is 5.69 Å². The molecule has 0 atom stereocenters. The van der Waals surface area contributed by atoms with Gasteiger partial charge in [-0.05, 0) is 42.7 Å². The second kappa shape index (κ2) is 8.48. The summed E-state index contributed by atoms with van der Waals surface area (Å²) in [5, 5.41) is 2.83. The van der Waals surface area contributed by atoms with Gasteiger partial charge in [-0.3, -0.25) is 9.10 Å². The summed E-state index contributed by atoms with van der Waals surface area (Å²) in [6.07, 6.45) is 6.30. The first-order chi connectivity index (χ1) is 13.8. The zero-order valence-corrected chi connectivity index (χ0v) is 17.5. The summed E-state index contributed by atoms with van der Waals surface area (Å²) in [5.41, 5.74) is 4.03. The second-order valence-corrected chi connectivity index (χ2v) is 8.84. The van der Waals surface area contributed by atoms with E-state index in [9.17, 15) is 13.2 Å². The number of anilines is 1. The van der Waals surface area contributed by atoms with Gasteiger partial charge in [-0.25, -0.2) is 13.4 Å². The first-order valence-corrected chi connectivity index (χ1v) is 11.0. The summed E-state index contributed by atoms with van der Waals surface area (Å²) in [7, 11) is -3.62. The number of nitrogens with zero attached hydrogens (tertiary/aromatic N) is 3. The van der Waals surface area contributed by atoms with Crippen molar-refractivity contribution in [2.24, 2.45) is 0 Å². The quantitative estimate of drug-likeness (QED) is 0.646. The van der Waals surface area contributed by atoms with Gasteiger partial charge < -0.3 is 9.88 Å². The number of carbonyl (C=O) groups is 1. The van der Waals surface area contributed by atoms with Crippen molar-refractivity contribution in [2.75, 3.05) is 17.1 Å². The van der Waals surface area contributed by atoms with Crippen molar-refractivity contribution in [2.45, 2.75) is 20.4 Å². The van der Waals surface area contributed by atoms with Gasteiger partial charge in [0.2, 0.25) is 15.9 Å². The Hall–Kier alpha value is -3.13. The first kappa shape index (κ1) is 20.6. The molecule has 152 valence electrons. The fraction of sp³-hybridized carbons (Fsp3) is 0.238. The van der Waals surface area contributed by atoms with Crippen molar-refractivity contribution < 1.29 is 13.2 Å². The number of sulfonamides is 1. The Kier molecular flexibility index (Phi) is 6.03. The van der Waals surface area contributed by atoms with Gasteiger partial charge in [0.15, 0.2) is 0 Å². The topological polar surface area (TPSA) is 84.3 Å². The Balaban J connectivity index is 1.77. The van der Waals surface area contributed by atoms with Crippen LogP contribution in [0.3, 0.4) is 0 Å². The molecule has 0 spiro atoms. The van der Waals surface area contributed by atoms with Crippen LogP contribution in [0.4, 0.5) is 5.69 Å². The molecule has 7 nitrogen and oxygen atoms in total. The highest BCUT2D eigenvalue weighted by Crippen LogP contribution is 2.23. The molecule has 0 saturated carbocycles. The van der Waals surface area contributed by atoms with Gasteiger partial charge in [-0.1, -0.05) is 30.3 Å². The molecule has 2 aromatic carbocycles. The number of aromatic nitrogens is 2. The molecule has 0 unspecified atom stereocenters. The number of nitrogens with one attached hydrogen (secondary N) is 1. The van der Waals surface area contributed by atoms with Crippen LogP contribution in [0.1, 0.15) is 16.7 Å². The number of benzene rings is 2. The lowest BCUT2D eigenvalue weighted by Gasteiger charge is -2.24. The molecule has 0 aliphatic rings. The highest BCUT2D eigenvalue weighted by molar-refractivity contribution is 7.92. The average Bonchev–Trinajstić information content (AvgIpc) is 3.20. The van der Waals surface area contributed by atoms with Gasteiger partial charge in [0, 0.05) is 18.9 Å². The third-order valence-electron chi connectivity index (χ3n) is 4.57. The fourth-order valence-electron chi connectivity index (χ4n) is 3.06. The lowest BCUT2D eigenvalue weighted by atomic mass is 10.1. The standard InChI is InChI=1S/C21H24N4O3S/c1-16-8-9-17(2)20(12-16)25(29(3,27)28)14-21(26)23-13-18-6-4-5-7-19(18)24-11-10-22-15-24/h4-12,15H,13-14H2,1-3H3,(H,23,26). The molecule has 3 rings (SSSR count). The van der Waals surface area contributed by atoms with Gasteiger partial charge >= 0.3 is 0 Å². The normalized spacial score (nSPS) is 11.3. The van der Waals surface area contributed by atoms with Gasteiger partial charge in [0.1, 0.15) is 6.54 Å². The molecule has 29 heavy (non-hydrogen) atoms. The van der Waals surface area contributed by atoms with Crippen molar-refractivity contribution in [3.8, 4) is 5.69 Å². The molecule has 0 saturated heterocycles. The molecule has 0 aliphatic carbocycles. The predicted octanol–water partition coefficient (Wildman–Crippen LogP) is 2.57. The third kappa shape index (κ3) is 5.03. The number of hydrogen-bond acceptors (Lipinski definition) is 4. The van der Waals surface area contributed by atoms with Crippen LogP contribution in [0.2, 0.25) is 0 Å². The summed E-state index contributed by atoms with van der Waals surface area (Å²) in [5.74, 6) is -0.378. The highest BCUT2D eigenvalue weighted by Gasteiger charge is 2.22. The van der Waals surface area contributed by atoms with E-state index >= 15 is 0 Å². The molecule has 3 aromatic rings. The fourth-order valence-corrected chi connectivity index (χ4v) is 3.97. The lowest BCUT2D eigenvalue weighted by Crippen LogP contribution is -2.40. The van der Waals surface area contributed by atoms with E-state index in [2.05, 4.69) is 10.3 Å². The molecule has 1 N–H and O–H groups in total. The van der Waals surface area contributed by atoms with E-state index < -0.39 is 10.0 Å².